The van der Waals surface area contributed by atoms with Gasteiger partial charge in [0, 0.05) is 62.3 Å². The van der Waals surface area contributed by atoms with Crippen LogP contribution in [0, 0.1) is 5.82 Å². The number of benzene rings is 3. The van der Waals surface area contributed by atoms with E-state index in [1.165, 1.54) is 12.1 Å². The van der Waals surface area contributed by atoms with Crippen LogP contribution in [0.25, 0.3) is 0 Å². The zero-order valence-corrected chi connectivity index (χ0v) is 20.0. The molecule has 2 heterocycles. The fourth-order valence-corrected chi connectivity index (χ4v) is 4.56. The molecule has 1 saturated heterocycles. The lowest BCUT2D eigenvalue weighted by Crippen LogP contribution is -2.48. The maximum Gasteiger partial charge on any atom is 0.255 e. The van der Waals surface area contributed by atoms with E-state index in [2.05, 4.69) is 4.90 Å². The minimum Gasteiger partial charge on any atom is -0.343 e. The van der Waals surface area contributed by atoms with Crippen LogP contribution in [0.5, 0.6) is 0 Å². The van der Waals surface area contributed by atoms with Crippen LogP contribution in [0.1, 0.15) is 21.5 Å². The molecule has 5 nitrogen and oxygen atoms in total. The van der Waals surface area contributed by atoms with Crippen LogP contribution in [0.3, 0.4) is 0 Å². The molecule has 0 spiro atoms. The minimum atomic E-state index is -0.228. The van der Waals surface area contributed by atoms with E-state index in [0.717, 1.165) is 30.9 Å². The summed E-state index contributed by atoms with van der Waals surface area (Å²) < 4.78 is 13.1. The second-order valence-corrected chi connectivity index (χ2v) is 9.08. The first-order valence-corrected chi connectivity index (χ1v) is 12.2. The van der Waals surface area contributed by atoms with E-state index in [0.29, 0.717) is 36.3 Å². The van der Waals surface area contributed by atoms with E-state index in [9.17, 15) is 14.0 Å². The normalized spacial score (nSPS) is 16.1. The number of hydrogen-bond acceptors (Lipinski definition) is 4. The number of anilines is 1. The molecule has 0 bridgehead atoms. The molecule has 0 aromatic heterocycles. The van der Waals surface area contributed by atoms with Gasteiger partial charge in [0.05, 0.1) is 5.57 Å². The Morgan fingerprint density at radius 3 is 2.14 bits per heavy atom. The standard InChI is InChI=1S/C30H28FN3O2/c31-27-12-8-23(9-13-27)21-32-17-19-33(20-18-32)30(36)26-7-4-16-34(22-26)28-14-10-25(11-15-28)29(35)24-5-2-1-3-6-24/h1-15,22H,16-21H2. The highest BCUT2D eigenvalue weighted by atomic mass is 19.1. The predicted octanol–water partition coefficient (Wildman–Crippen LogP) is 4.66. The maximum atomic E-state index is 13.2. The summed E-state index contributed by atoms with van der Waals surface area (Å²) in [6.45, 7) is 4.28. The third kappa shape index (κ3) is 5.44. The van der Waals surface area contributed by atoms with Crippen LogP contribution in [-0.2, 0) is 11.3 Å². The SMILES string of the molecule is O=C(c1ccccc1)c1ccc(N2C=C(C(=O)N3CCN(Cc4ccc(F)cc4)CC3)C=CC2)cc1. The third-order valence-electron chi connectivity index (χ3n) is 6.62. The van der Waals surface area contributed by atoms with E-state index in [4.69, 9.17) is 0 Å². The molecule has 36 heavy (non-hydrogen) atoms. The van der Waals surface area contributed by atoms with Crippen molar-refractivity contribution in [3.63, 3.8) is 0 Å². The van der Waals surface area contributed by atoms with Crippen molar-refractivity contribution in [2.24, 2.45) is 0 Å². The molecule has 3 aromatic rings. The molecule has 2 aliphatic heterocycles. The topological polar surface area (TPSA) is 43.9 Å². The van der Waals surface area contributed by atoms with E-state index < -0.39 is 0 Å². The first-order chi connectivity index (χ1) is 17.6. The van der Waals surface area contributed by atoms with Gasteiger partial charge in [0.25, 0.3) is 5.91 Å². The Kier molecular flexibility index (Phi) is 7.05. The van der Waals surface area contributed by atoms with Gasteiger partial charge in [0.2, 0.25) is 0 Å². The summed E-state index contributed by atoms with van der Waals surface area (Å²) in [5.74, 6) is -0.215. The summed E-state index contributed by atoms with van der Waals surface area (Å²) in [5.41, 5.74) is 3.95. The average molecular weight is 482 g/mol. The number of amides is 1. The molecule has 0 atom stereocenters. The number of hydrogen-bond donors (Lipinski definition) is 0. The molecular weight excluding hydrogens is 453 g/mol. The Hall–Kier alpha value is -4.03. The highest BCUT2D eigenvalue weighted by Crippen LogP contribution is 2.22. The van der Waals surface area contributed by atoms with Crippen molar-refractivity contribution < 1.29 is 14.0 Å². The number of rotatable bonds is 6. The molecule has 0 radical (unpaired) electrons. The van der Waals surface area contributed by atoms with E-state index in [1.807, 2.05) is 94.9 Å². The number of nitrogens with zero attached hydrogens (tertiary/aromatic N) is 3. The molecule has 1 amide bonds. The molecule has 5 rings (SSSR count). The van der Waals surface area contributed by atoms with Crippen LogP contribution >= 0.6 is 0 Å². The molecule has 3 aromatic carbocycles. The summed E-state index contributed by atoms with van der Waals surface area (Å²) in [5, 5.41) is 0. The largest absolute Gasteiger partial charge is 0.343 e. The molecule has 6 heteroatoms. The zero-order chi connectivity index (χ0) is 24.9. The van der Waals surface area contributed by atoms with Gasteiger partial charge < -0.3 is 9.80 Å². The summed E-state index contributed by atoms with van der Waals surface area (Å²) in [7, 11) is 0. The Labute approximate surface area is 210 Å². The van der Waals surface area contributed by atoms with Crippen molar-refractivity contribution in [2.45, 2.75) is 6.54 Å². The molecule has 0 saturated carbocycles. The first-order valence-electron chi connectivity index (χ1n) is 12.2. The van der Waals surface area contributed by atoms with Crippen LogP contribution in [0.15, 0.2) is 103 Å². The summed E-state index contributed by atoms with van der Waals surface area (Å²) in [4.78, 5) is 32.1. The molecule has 2 aliphatic rings. The van der Waals surface area contributed by atoms with Gasteiger partial charge >= 0.3 is 0 Å². The van der Waals surface area contributed by atoms with Gasteiger partial charge in [-0.15, -0.1) is 0 Å². The lowest BCUT2D eigenvalue weighted by molar-refractivity contribution is -0.128. The van der Waals surface area contributed by atoms with Crippen molar-refractivity contribution in [3.05, 3.63) is 125 Å². The molecule has 1 fully saturated rings. The molecule has 182 valence electrons. The van der Waals surface area contributed by atoms with Gasteiger partial charge in [-0.3, -0.25) is 14.5 Å². The molecule has 0 aliphatic carbocycles. The fraction of sp³-hybridized carbons (Fsp3) is 0.200. The van der Waals surface area contributed by atoms with Crippen LogP contribution in [-0.4, -0.2) is 54.2 Å². The van der Waals surface area contributed by atoms with Crippen molar-refractivity contribution in [1.29, 1.82) is 0 Å². The Balaban J connectivity index is 1.19. The minimum absolute atomic E-state index is 0.00864. The van der Waals surface area contributed by atoms with Crippen molar-refractivity contribution in [1.82, 2.24) is 9.80 Å². The fourth-order valence-electron chi connectivity index (χ4n) is 4.56. The Morgan fingerprint density at radius 1 is 0.778 bits per heavy atom. The lowest BCUT2D eigenvalue weighted by Gasteiger charge is -2.35. The highest BCUT2D eigenvalue weighted by Gasteiger charge is 2.24. The van der Waals surface area contributed by atoms with Crippen molar-refractivity contribution >= 4 is 17.4 Å². The Bertz CT molecular complexity index is 1280. The number of halogens is 1. The third-order valence-corrected chi connectivity index (χ3v) is 6.62. The Morgan fingerprint density at radius 2 is 1.44 bits per heavy atom. The average Bonchev–Trinajstić information content (AvgIpc) is 2.94. The smallest absolute Gasteiger partial charge is 0.255 e. The van der Waals surface area contributed by atoms with Crippen LogP contribution in [0.4, 0.5) is 10.1 Å². The highest BCUT2D eigenvalue weighted by molar-refractivity contribution is 6.09. The van der Waals surface area contributed by atoms with E-state index >= 15 is 0 Å². The van der Waals surface area contributed by atoms with Gasteiger partial charge in [0.1, 0.15) is 5.82 Å². The number of carbonyl (C=O) groups excluding carboxylic acids is 2. The number of piperazine rings is 1. The van der Waals surface area contributed by atoms with Gasteiger partial charge in [-0.25, -0.2) is 4.39 Å². The van der Waals surface area contributed by atoms with Gasteiger partial charge in [0.15, 0.2) is 5.78 Å². The molecular formula is C30H28FN3O2. The van der Waals surface area contributed by atoms with E-state index in [1.54, 1.807) is 0 Å². The quantitative estimate of drug-likeness (QED) is 0.481. The molecule has 0 unspecified atom stereocenters. The second kappa shape index (κ2) is 10.7. The first kappa shape index (κ1) is 23.7. The van der Waals surface area contributed by atoms with E-state index in [-0.39, 0.29) is 17.5 Å². The summed E-state index contributed by atoms with van der Waals surface area (Å²) >= 11 is 0. The monoisotopic (exact) mass is 481 g/mol. The zero-order valence-electron chi connectivity index (χ0n) is 20.0. The second-order valence-electron chi connectivity index (χ2n) is 9.08. The lowest BCUT2D eigenvalue weighted by atomic mass is 10.0. The van der Waals surface area contributed by atoms with Crippen molar-refractivity contribution in [2.75, 3.05) is 37.6 Å². The van der Waals surface area contributed by atoms with Gasteiger partial charge in [-0.1, -0.05) is 54.6 Å². The van der Waals surface area contributed by atoms with Crippen molar-refractivity contribution in [3.8, 4) is 0 Å². The summed E-state index contributed by atoms with van der Waals surface area (Å²) in [6.07, 6.45) is 5.76. The van der Waals surface area contributed by atoms with Crippen LogP contribution in [0.2, 0.25) is 0 Å². The number of ketones is 1. The molecule has 0 N–H and O–H groups in total. The van der Waals surface area contributed by atoms with Gasteiger partial charge in [-0.2, -0.15) is 0 Å². The summed E-state index contributed by atoms with van der Waals surface area (Å²) in [6, 6.07) is 23.3. The predicted molar refractivity (Wildman–Crippen MR) is 139 cm³/mol. The number of carbonyl (C=O) groups is 2. The van der Waals surface area contributed by atoms with Gasteiger partial charge in [-0.05, 0) is 42.0 Å². The van der Waals surface area contributed by atoms with Crippen LogP contribution < -0.4 is 4.90 Å². The maximum absolute atomic E-state index is 13.2.